The van der Waals surface area contributed by atoms with Crippen LogP contribution in [0.3, 0.4) is 0 Å². The van der Waals surface area contributed by atoms with Crippen molar-refractivity contribution in [3.8, 4) is 0 Å². The molecule has 56 heavy (non-hydrogen) atoms. The molecule has 0 unspecified atom stereocenters. The van der Waals surface area contributed by atoms with Gasteiger partial charge >= 0.3 is 125 Å². The van der Waals surface area contributed by atoms with Crippen molar-refractivity contribution in [2.45, 2.75) is 291 Å². The summed E-state index contributed by atoms with van der Waals surface area (Å²) in [6, 6.07) is 0. The van der Waals surface area contributed by atoms with Crippen LogP contribution < -0.4 is 0 Å². The van der Waals surface area contributed by atoms with Crippen LogP contribution >= 0.6 is 35.2 Å². The van der Waals surface area contributed by atoms with E-state index in [9.17, 15) is 0 Å². The molecule has 0 atom stereocenters. The van der Waals surface area contributed by atoms with Gasteiger partial charge in [-0.25, -0.2) is 0 Å². The summed E-state index contributed by atoms with van der Waals surface area (Å²) in [7, 11) is 12.8. The van der Waals surface area contributed by atoms with E-state index in [1.165, 1.54) is 137 Å². The van der Waals surface area contributed by atoms with Gasteiger partial charge in [0, 0.05) is 0 Å². The fourth-order valence-electron chi connectivity index (χ4n) is 13.7. The van der Waals surface area contributed by atoms with Gasteiger partial charge in [0.2, 0.25) is 0 Å². The average Bonchev–Trinajstić information content (AvgIpc) is 3.27. The van der Waals surface area contributed by atoms with E-state index >= 15 is 0 Å². The molecule has 8 rings (SSSR count). The first-order valence-corrected chi connectivity index (χ1v) is 34.3. The van der Waals surface area contributed by atoms with Crippen LogP contribution in [0.15, 0.2) is 11.6 Å². The summed E-state index contributed by atoms with van der Waals surface area (Å²) in [6.07, 6.45) is 63.7. The van der Waals surface area contributed by atoms with E-state index < -0.39 is 13.5 Å². The van der Waals surface area contributed by atoms with Crippen LogP contribution in [-0.4, -0.2) is 38.6 Å². The number of hydrogen-bond donors (Lipinski definition) is 0. The van der Waals surface area contributed by atoms with Gasteiger partial charge < -0.3 is 0 Å². The Morgan fingerprint density at radius 1 is 0.304 bits per heavy atom. The number of halogens is 2. The van der Waals surface area contributed by atoms with Crippen molar-refractivity contribution >= 4 is 39.8 Å². The number of rotatable bonds is 9. The predicted molar refractivity (Wildman–Crippen MR) is 254 cm³/mol. The Morgan fingerprint density at radius 3 is 0.696 bits per heavy atom. The van der Waals surface area contributed by atoms with Gasteiger partial charge in [-0.3, -0.25) is 0 Å². The minimum atomic E-state index is -1.63. The van der Waals surface area contributed by atoms with E-state index in [0.717, 1.165) is 11.8 Å². The normalized spacial score (nSPS) is 27.2. The molecular formula is C51H90Cl2P2Ru. The molecule has 8 saturated carbocycles. The summed E-state index contributed by atoms with van der Waals surface area (Å²) in [6.45, 7) is 0. The molecule has 0 aliphatic heterocycles. The first-order valence-electron chi connectivity index (χ1n) is 25.8. The molecule has 8 aliphatic rings. The molecule has 0 nitrogen and oxygen atoms in total. The standard InChI is InChI=1S/2C18H33P.C15H24.2ClH.Ru/c2*1-4-10-16(11-5-1)19(17-12-6-2-7-13-17)18-14-8-3-9-15-18;1-2-15(13-9-5-3-6-10-13)14-11-7-4-8-12-14;;;/h2*16-18H,1-15H2;1-2,13-14H,3-12H2;2*1H;/q;;;;;+2/p-2. The Balaban J connectivity index is 0.000000142. The molecule has 0 heterocycles. The Kier molecular flexibility index (Phi) is 23.3. The second kappa shape index (κ2) is 27.7. The van der Waals surface area contributed by atoms with Gasteiger partial charge in [-0.1, -0.05) is 131 Å². The third-order valence-corrected chi connectivity index (χ3v) is 26.4. The van der Waals surface area contributed by atoms with Crippen LogP contribution in [0.5, 0.6) is 0 Å². The molecule has 0 radical (unpaired) electrons. The van der Waals surface area contributed by atoms with Crippen molar-refractivity contribution in [1.29, 1.82) is 0 Å². The Morgan fingerprint density at radius 2 is 0.500 bits per heavy atom. The summed E-state index contributed by atoms with van der Waals surface area (Å²) < 4.78 is 2.12. The molecule has 0 aromatic heterocycles. The van der Waals surface area contributed by atoms with Crippen molar-refractivity contribution in [3.05, 3.63) is 11.6 Å². The van der Waals surface area contributed by atoms with E-state index in [4.69, 9.17) is 19.4 Å². The molecule has 5 heteroatoms. The second-order valence-corrected chi connectivity index (χ2v) is 32.3. The van der Waals surface area contributed by atoms with Gasteiger partial charge in [-0.15, -0.1) is 0 Å². The van der Waals surface area contributed by atoms with Crippen molar-refractivity contribution in [3.63, 3.8) is 0 Å². The molecule has 0 saturated heterocycles. The van der Waals surface area contributed by atoms with Gasteiger partial charge in [0.15, 0.2) is 0 Å². The number of allylic oxidation sites excluding steroid dienone is 2. The second-order valence-electron chi connectivity index (χ2n) is 20.3. The minimum absolute atomic E-state index is 0.385. The quantitative estimate of drug-likeness (QED) is 0.160. The first kappa shape index (κ1) is 47.2. The molecule has 8 aliphatic carbocycles. The van der Waals surface area contributed by atoms with E-state index in [1.54, 1.807) is 160 Å². The molecule has 0 aromatic rings. The first-order chi connectivity index (χ1) is 27.7. The van der Waals surface area contributed by atoms with Crippen molar-refractivity contribution in [2.24, 2.45) is 11.8 Å². The van der Waals surface area contributed by atoms with Gasteiger partial charge in [0.25, 0.3) is 0 Å². The molecule has 0 N–H and O–H groups in total. The molecule has 8 fully saturated rings. The summed E-state index contributed by atoms with van der Waals surface area (Å²) in [4.78, 5) is 0. The number of hydrogen-bond acceptors (Lipinski definition) is 0. The van der Waals surface area contributed by atoms with Crippen LogP contribution in [0.25, 0.3) is 0 Å². The molecule has 0 bridgehead atoms. The summed E-state index contributed by atoms with van der Waals surface area (Å²) in [5.41, 5.74) is 8.84. The molecule has 0 spiro atoms. The van der Waals surface area contributed by atoms with Crippen LogP contribution in [0.1, 0.15) is 257 Å². The molecule has 0 aromatic carbocycles. The molecular weight excluding hydrogens is 846 g/mol. The fourth-order valence-corrected chi connectivity index (χ4v) is 24.1. The van der Waals surface area contributed by atoms with Gasteiger partial charge in [0.05, 0.1) is 0 Å². The van der Waals surface area contributed by atoms with E-state index in [2.05, 4.69) is 10.7 Å². The Bertz CT molecular complexity index is 914. The zero-order chi connectivity index (χ0) is 38.6. The summed E-state index contributed by atoms with van der Waals surface area (Å²) >= 11 is -1.63. The Hall–Kier alpha value is 1.67. The topological polar surface area (TPSA) is 0 Å². The zero-order valence-corrected chi connectivity index (χ0v) is 41.6. The van der Waals surface area contributed by atoms with Crippen LogP contribution in [0.2, 0.25) is 0 Å². The van der Waals surface area contributed by atoms with Crippen molar-refractivity contribution in [2.75, 3.05) is 0 Å². The van der Waals surface area contributed by atoms with Crippen LogP contribution in [0.4, 0.5) is 0 Å². The third-order valence-electron chi connectivity index (χ3n) is 16.5. The predicted octanol–water partition coefficient (Wildman–Crippen LogP) is 18.7. The van der Waals surface area contributed by atoms with E-state index in [-0.39, 0.29) is 0 Å². The maximum atomic E-state index is 6.01. The van der Waals surface area contributed by atoms with Gasteiger partial charge in [0.1, 0.15) is 0 Å². The van der Waals surface area contributed by atoms with E-state index in [0.29, 0.717) is 15.8 Å². The average molecular weight is 937 g/mol. The van der Waals surface area contributed by atoms with Crippen molar-refractivity contribution < 1.29 is 13.5 Å². The van der Waals surface area contributed by atoms with Crippen molar-refractivity contribution in [1.82, 2.24) is 0 Å². The maximum absolute atomic E-state index is 6.01. The third kappa shape index (κ3) is 15.8. The monoisotopic (exact) mass is 936 g/mol. The van der Waals surface area contributed by atoms with Gasteiger partial charge in [-0.05, 0) is 111 Å². The SMILES string of the molecule is C1CCC(P(C2CCCCC2)C2CCCCC2)CC1.C1CCC(P(C2CCCCC2)C2CCCCC2)CC1.[Cl][Ru]([Cl])=[CH]C=C(C1CCCCC1)C1CCCCC1. The summed E-state index contributed by atoms with van der Waals surface area (Å²) in [5, 5.41) is 0. The van der Waals surface area contributed by atoms with Crippen LogP contribution in [-0.2, 0) is 13.5 Å². The molecule has 326 valence electrons. The summed E-state index contributed by atoms with van der Waals surface area (Å²) in [5.74, 6) is 1.67. The molecule has 0 amide bonds. The zero-order valence-electron chi connectivity index (χ0n) is 36.6. The van der Waals surface area contributed by atoms with Crippen LogP contribution in [0, 0.1) is 11.8 Å². The Labute approximate surface area is 365 Å². The van der Waals surface area contributed by atoms with E-state index in [1.807, 2.05) is 0 Å². The van der Waals surface area contributed by atoms with Gasteiger partial charge in [-0.2, -0.15) is 0 Å². The fraction of sp³-hybridized carbons (Fsp3) is 0.941.